The van der Waals surface area contributed by atoms with Crippen molar-refractivity contribution >= 4 is 0 Å². The third-order valence-electron chi connectivity index (χ3n) is 2.64. The van der Waals surface area contributed by atoms with Gasteiger partial charge in [0.25, 0.3) is 0 Å². The molecule has 0 radical (unpaired) electrons. The number of aromatic nitrogens is 1. The number of nitrogens with zero attached hydrogens (tertiary/aromatic N) is 1. The third-order valence-corrected chi connectivity index (χ3v) is 2.64. The summed E-state index contributed by atoms with van der Waals surface area (Å²) in [5.74, 6) is 0.283. The summed E-state index contributed by atoms with van der Waals surface area (Å²) >= 11 is 0. The van der Waals surface area contributed by atoms with Crippen molar-refractivity contribution < 1.29 is 9.13 Å². The number of rotatable bonds is 4. The largest absolute Gasteiger partial charge is 0.453 e. The first-order valence-corrected chi connectivity index (χ1v) is 5.84. The minimum absolute atomic E-state index is 0.0764. The van der Waals surface area contributed by atoms with Crippen LogP contribution in [0.3, 0.4) is 0 Å². The van der Waals surface area contributed by atoms with E-state index in [0.29, 0.717) is 5.75 Å². The van der Waals surface area contributed by atoms with Crippen LogP contribution in [0.5, 0.6) is 11.5 Å². The van der Waals surface area contributed by atoms with Gasteiger partial charge in [-0.15, -0.1) is 0 Å². The molecular formula is C14H15FN2O. The summed E-state index contributed by atoms with van der Waals surface area (Å²) in [5.41, 5.74) is 6.66. The summed E-state index contributed by atoms with van der Waals surface area (Å²) in [5, 5.41) is 0. The van der Waals surface area contributed by atoms with Crippen LogP contribution >= 0.6 is 0 Å². The van der Waals surface area contributed by atoms with Crippen molar-refractivity contribution in [1.29, 1.82) is 0 Å². The van der Waals surface area contributed by atoms with Gasteiger partial charge in [0, 0.05) is 6.04 Å². The van der Waals surface area contributed by atoms with Crippen LogP contribution < -0.4 is 10.5 Å². The molecule has 0 aliphatic rings. The van der Waals surface area contributed by atoms with Gasteiger partial charge in [0.2, 0.25) is 0 Å². The second-order valence-electron chi connectivity index (χ2n) is 3.97. The van der Waals surface area contributed by atoms with Crippen LogP contribution in [0.2, 0.25) is 0 Å². The molecule has 3 nitrogen and oxygen atoms in total. The first-order valence-electron chi connectivity index (χ1n) is 5.84. The van der Waals surface area contributed by atoms with Crippen LogP contribution in [-0.2, 0) is 0 Å². The standard InChI is InChI=1S/C14H15FN2O/c1-2-12(16)13-8-7-10(9-17-13)18-14-6-4-3-5-11(14)15/h3-9,12H,2,16H2,1H3/t12-/m0/s1. The second kappa shape index (κ2) is 5.60. The van der Waals surface area contributed by atoms with E-state index in [1.807, 2.05) is 6.92 Å². The number of nitrogens with two attached hydrogens (primary N) is 1. The monoisotopic (exact) mass is 246 g/mol. The Labute approximate surface area is 105 Å². The van der Waals surface area contributed by atoms with Gasteiger partial charge >= 0.3 is 0 Å². The number of hydrogen-bond donors (Lipinski definition) is 1. The van der Waals surface area contributed by atoms with Gasteiger partial charge in [0.1, 0.15) is 5.75 Å². The Morgan fingerprint density at radius 1 is 1.28 bits per heavy atom. The Bertz CT molecular complexity index is 513. The highest BCUT2D eigenvalue weighted by Crippen LogP contribution is 2.24. The highest BCUT2D eigenvalue weighted by atomic mass is 19.1. The molecule has 0 aliphatic carbocycles. The van der Waals surface area contributed by atoms with Gasteiger partial charge in [0.15, 0.2) is 11.6 Å². The number of pyridine rings is 1. The lowest BCUT2D eigenvalue weighted by atomic mass is 10.1. The SMILES string of the molecule is CC[C@H](N)c1ccc(Oc2ccccc2F)cn1. The zero-order chi connectivity index (χ0) is 13.0. The molecule has 94 valence electrons. The lowest BCUT2D eigenvalue weighted by Gasteiger charge is -2.10. The van der Waals surface area contributed by atoms with Crippen LogP contribution in [0, 0.1) is 5.82 Å². The fraction of sp³-hybridized carbons (Fsp3) is 0.214. The molecule has 1 aromatic carbocycles. The Morgan fingerprint density at radius 3 is 2.67 bits per heavy atom. The molecule has 0 aliphatic heterocycles. The van der Waals surface area contributed by atoms with Gasteiger partial charge < -0.3 is 10.5 Å². The fourth-order valence-corrected chi connectivity index (χ4v) is 1.54. The molecule has 4 heteroatoms. The Kier molecular flexibility index (Phi) is 3.89. The average Bonchev–Trinajstić information content (AvgIpc) is 2.41. The first-order chi connectivity index (χ1) is 8.70. The number of hydrogen-bond acceptors (Lipinski definition) is 3. The molecule has 1 atom stereocenters. The first kappa shape index (κ1) is 12.5. The van der Waals surface area contributed by atoms with Crippen molar-refractivity contribution in [1.82, 2.24) is 4.98 Å². The van der Waals surface area contributed by atoms with Crippen LogP contribution in [0.4, 0.5) is 4.39 Å². The van der Waals surface area contributed by atoms with Crippen LogP contribution in [0.15, 0.2) is 42.6 Å². The molecule has 0 bridgehead atoms. The zero-order valence-corrected chi connectivity index (χ0v) is 10.1. The molecule has 0 spiro atoms. The highest BCUT2D eigenvalue weighted by molar-refractivity contribution is 5.31. The van der Waals surface area contributed by atoms with E-state index >= 15 is 0 Å². The Morgan fingerprint density at radius 2 is 2.06 bits per heavy atom. The lowest BCUT2D eigenvalue weighted by Crippen LogP contribution is -2.10. The van der Waals surface area contributed by atoms with Crippen molar-refractivity contribution in [3.63, 3.8) is 0 Å². The molecule has 18 heavy (non-hydrogen) atoms. The summed E-state index contributed by atoms with van der Waals surface area (Å²) in [6.07, 6.45) is 2.37. The topological polar surface area (TPSA) is 48.1 Å². The Balaban J connectivity index is 2.14. The molecular weight excluding hydrogens is 231 g/mol. The summed E-state index contributed by atoms with van der Waals surface area (Å²) < 4.78 is 18.8. The van der Waals surface area contributed by atoms with Crippen molar-refractivity contribution in [2.75, 3.05) is 0 Å². The van der Waals surface area contributed by atoms with Crippen molar-refractivity contribution in [3.05, 3.63) is 54.1 Å². The maximum atomic E-state index is 13.4. The van der Waals surface area contributed by atoms with E-state index in [9.17, 15) is 4.39 Å². The Hall–Kier alpha value is -1.94. The minimum Gasteiger partial charge on any atom is -0.453 e. The maximum Gasteiger partial charge on any atom is 0.165 e. The van der Waals surface area contributed by atoms with E-state index in [1.54, 1.807) is 36.5 Å². The van der Waals surface area contributed by atoms with E-state index in [0.717, 1.165) is 12.1 Å². The van der Waals surface area contributed by atoms with Gasteiger partial charge in [-0.2, -0.15) is 0 Å². The van der Waals surface area contributed by atoms with Crippen molar-refractivity contribution in [2.24, 2.45) is 5.73 Å². The van der Waals surface area contributed by atoms with Gasteiger partial charge in [0.05, 0.1) is 11.9 Å². The normalized spacial score (nSPS) is 12.2. The average molecular weight is 246 g/mol. The molecule has 2 rings (SSSR count). The highest BCUT2D eigenvalue weighted by Gasteiger charge is 2.06. The molecule has 0 amide bonds. The molecule has 0 saturated carbocycles. The van der Waals surface area contributed by atoms with Crippen LogP contribution in [0.25, 0.3) is 0 Å². The summed E-state index contributed by atoms with van der Waals surface area (Å²) in [7, 11) is 0. The molecule has 2 N–H and O–H groups in total. The van der Waals surface area contributed by atoms with Gasteiger partial charge in [-0.3, -0.25) is 4.98 Å². The number of ether oxygens (including phenoxy) is 1. The predicted molar refractivity (Wildman–Crippen MR) is 67.9 cm³/mol. The summed E-state index contributed by atoms with van der Waals surface area (Å²) in [6.45, 7) is 2.00. The quantitative estimate of drug-likeness (QED) is 0.899. The molecule has 0 saturated heterocycles. The maximum absolute atomic E-state index is 13.4. The van der Waals surface area contributed by atoms with Gasteiger partial charge in [-0.25, -0.2) is 4.39 Å². The van der Waals surface area contributed by atoms with E-state index in [2.05, 4.69) is 4.98 Å². The fourth-order valence-electron chi connectivity index (χ4n) is 1.54. The number of para-hydroxylation sites is 1. The second-order valence-corrected chi connectivity index (χ2v) is 3.97. The van der Waals surface area contributed by atoms with Gasteiger partial charge in [-0.1, -0.05) is 19.1 Å². The number of benzene rings is 1. The summed E-state index contributed by atoms with van der Waals surface area (Å²) in [4.78, 5) is 4.20. The summed E-state index contributed by atoms with van der Waals surface area (Å²) in [6, 6.07) is 9.71. The molecule has 0 unspecified atom stereocenters. The van der Waals surface area contributed by atoms with Crippen LogP contribution in [-0.4, -0.2) is 4.98 Å². The molecule has 1 aromatic heterocycles. The third kappa shape index (κ3) is 2.84. The predicted octanol–water partition coefficient (Wildman–Crippen LogP) is 3.42. The lowest BCUT2D eigenvalue weighted by molar-refractivity contribution is 0.440. The van der Waals surface area contributed by atoms with Gasteiger partial charge in [-0.05, 0) is 30.7 Å². The number of halogens is 1. The van der Waals surface area contributed by atoms with Crippen molar-refractivity contribution in [2.45, 2.75) is 19.4 Å². The van der Waals surface area contributed by atoms with Crippen molar-refractivity contribution in [3.8, 4) is 11.5 Å². The minimum atomic E-state index is -0.396. The molecule has 0 fully saturated rings. The van der Waals surface area contributed by atoms with E-state index in [-0.39, 0.29) is 11.8 Å². The van der Waals surface area contributed by atoms with Crippen LogP contribution in [0.1, 0.15) is 25.1 Å². The molecule has 2 aromatic rings. The van der Waals surface area contributed by atoms with E-state index < -0.39 is 5.82 Å². The van der Waals surface area contributed by atoms with E-state index in [4.69, 9.17) is 10.5 Å². The smallest absolute Gasteiger partial charge is 0.165 e. The van der Waals surface area contributed by atoms with E-state index in [1.165, 1.54) is 6.07 Å². The molecule has 1 heterocycles. The zero-order valence-electron chi connectivity index (χ0n) is 10.1.